The fourth-order valence-corrected chi connectivity index (χ4v) is 4.70. The van der Waals surface area contributed by atoms with Crippen LogP contribution in [0.1, 0.15) is 35.4 Å². The first kappa shape index (κ1) is 14.7. The minimum atomic E-state index is -0.0127. The summed E-state index contributed by atoms with van der Waals surface area (Å²) in [6.07, 6.45) is 6.69. The number of carbonyl (C=O) groups is 1. The van der Waals surface area contributed by atoms with Crippen molar-refractivity contribution in [3.8, 4) is 0 Å². The largest absolute Gasteiger partial charge is 0.397 e. The zero-order valence-corrected chi connectivity index (χ0v) is 13.7. The lowest BCUT2D eigenvalue weighted by Crippen LogP contribution is -2.38. The number of carbonyl (C=O) groups excluding carboxylic acids is 1. The highest BCUT2D eigenvalue weighted by atomic mass is 32.2. The Morgan fingerprint density at radius 2 is 2.00 bits per heavy atom. The molecule has 1 heterocycles. The van der Waals surface area contributed by atoms with Crippen LogP contribution in [0.25, 0.3) is 10.1 Å². The lowest BCUT2D eigenvalue weighted by atomic mass is 9.95. The van der Waals surface area contributed by atoms with Crippen molar-refractivity contribution in [2.45, 2.75) is 37.0 Å². The van der Waals surface area contributed by atoms with Crippen molar-refractivity contribution < 1.29 is 4.79 Å². The molecule has 0 atom stereocenters. The van der Waals surface area contributed by atoms with Gasteiger partial charge in [0.05, 0.1) is 5.69 Å². The Kier molecular flexibility index (Phi) is 4.40. The average Bonchev–Trinajstić information content (AvgIpc) is 2.86. The smallest absolute Gasteiger partial charge is 0.263 e. The molecule has 0 unspecified atom stereocenters. The number of thioether (sulfide) groups is 1. The summed E-state index contributed by atoms with van der Waals surface area (Å²) >= 11 is 3.42. The normalized spacial score (nSPS) is 22.3. The quantitative estimate of drug-likeness (QED) is 0.902. The number of amides is 1. The molecule has 1 aromatic carbocycles. The van der Waals surface area contributed by atoms with Gasteiger partial charge in [-0.15, -0.1) is 11.3 Å². The number of nitrogen functional groups attached to an aromatic ring is 1. The van der Waals surface area contributed by atoms with Gasteiger partial charge in [0, 0.05) is 21.4 Å². The van der Waals surface area contributed by atoms with E-state index in [2.05, 4.69) is 11.6 Å². The van der Waals surface area contributed by atoms with E-state index in [1.807, 2.05) is 36.0 Å². The Morgan fingerprint density at radius 3 is 2.67 bits per heavy atom. The number of rotatable bonds is 3. The lowest BCUT2D eigenvalue weighted by Gasteiger charge is -2.27. The molecule has 21 heavy (non-hydrogen) atoms. The fourth-order valence-electron chi connectivity index (χ4n) is 2.93. The fraction of sp³-hybridized carbons (Fsp3) is 0.438. The Bertz CT molecular complexity index is 645. The second kappa shape index (κ2) is 6.28. The van der Waals surface area contributed by atoms with Gasteiger partial charge in [0.1, 0.15) is 4.88 Å². The summed E-state index contributed by atoms with van der Waals surface area (Å²) in [6.45, 7) is 0. The summed E-state index contributed by atoms with van der Waals surface area (Å²) in [5, 5.41) is 4.91. The van der Waals surface area contributed by atoms with Gasteiger partial charge in [-0.3, -0.25) is 4.79 Å². The van der Waals surface area contributed by atoms with Gasteiger partial charge >= 0.3 is 0 Å². The van der Waals surface area contributed by atoms with Crippen molar-refractivity contribution in [3.63, 3.8) is 0 Å². The molecular weight excluding hydrogens is 300 g/mol. The van der Waals surface area contributed by atoms with Crippen LogP contribution >= 0.6 is 23.1 Å². The first-order chi connectivity index (χ1) is 10.2. The van der Waals surface area contributed by atoms with Crippen molar-refractivity contribution >= 4 is 44.8 Å². The number of hydrogen-bond donors (Lipinski definition) is 2. The van der Waals surface area contributed by atoms with Crippen LogP contribution < -0.4 is 11.1 Å². The van der Waals surface area contributed by atoms with E-state index in [9.17, 15) is 4.79 Å². The Hall–Kier alpha value is -1.20. The Morgan fingerprint density at radius 1 is 1.29 bits per heavy atom. The highest BCUT2D eigenvalue weighted by Crippen LogP contribution is 2.34. The van der Waals surface area contributed by atoms with Gasteiger partial charge in [0.15, 0.2) is 0 Å². The molecule has 1 saturated carbocycles. The summed E-state index contributed by atoms with van der Waals surface area (Å²) in [5.74, 6) is -0.0127. The molecule has 1 fully saturated rings. The van der Waals surface area contributed by atoms with Crippen LogP contribution in [0.15, 0.2) is 24.3 Å². The number of benzene rings is 1. The highest BCUT2D eigenvalue weighted by molar-refractivity contribution is 7.99. The molecule has 0 saturated heterocycles. The van der Waals surface area contributed by atoms with Crippen molar-refractivity contribution in [1.29, 1.82) is 0 Å². The number of anilines is 1. The lowest BCUT2D eigenvalue weighted by molar-refractivity contribution is 0.0933. The first-order valence-electron chi connectivity index (χ1n) is 7.29. The third-order valence-corrected chi connectivity index (χ3v) is 6.51. The van der Waals surface area contributed by atoms with Crippen molar-refractivity contribution in [2.24, 2.45) is 0 Å². The minimum absolute atomic E-state index is 0.0127. The molecule has 0 bridgehead atoms. The third-order valence-electron chi connectivity index (χ3n) is 4.18. The molecule has 1 aromatic heterocycles. The SMILES string of the molecule is CSC1CCC(NC(=O)c2sc3ccccc3c2N)CC1. The molecule has 2 aromatic rings. The monoisotopic (exact) mass is 320 g/mol. The number of thiophene rings is 1. The predicted octanol–water partition coefficient (Wildman–Crippen LogP) is 3.89. The summed E-state index contributed by atoms with van der Waals surface area (Å²) < 4.78 is 1.08. The van der Waals surface area contributed by atoms with E-state index in [0.29, 0.717) is 16.6 Å². The maximum Gasteiger partial charge on any atom is 0.263 e. The van der Waals surface area contributed by atoms with E-state index in [1.165, 1.54) is 24.2 Å². The molecule has 112 valence electrons. The average molecular weight is 320 g/mol. The van der Waals surface area contributed by atoms with Crippen LogP contribution in [-0.2, 0) is 0 Å². The van der Waals surface area contributed by atoms with E-state index in [0.717, 1.165) is 28.2 Å². The number of fused-ring (bicyclic) bond motifs is 1. The minimum Gasteiger partial charge on any atom is -0.397 e. The van der Waals surface area contributed by atoms with Crippen molar-refractivity contribution in [2.75, 3.05) is 12.0 Å². The van der Waals surface area contributed by atoms with Gasteiger partial charge in [0.25, 0.3) is 5.91 Å². The molecule has 3 rings (SSSR count). The first-order valence-corrected chi connectivity index (χ1v) is 9.40. The van der Waals surface area contributed by atoms with Gasteiger partial charge in [0.2, 0.25) is 0 Å². The maximum atomic E-state index is 12.5. The number of nitrogens with two attached hydrogens (primary N) is 1. The van der Waals surface area contributed by atoms with Gasteiger partial charge in [-0.1, -0.05) is 18.2 Å². The molecule has 1 aliphatic carbocycles. The Balaban J connectivity index is 1.71. The van der Waals surface area contributed by atoms with Crippen LogP contribution in [0.5, 0.6) is 0 Å². The highest BCUT2D eigenvalue weighted by Gasteiger charge is 2.24. The molecule has 3 nitrogen and oxygen atoms in total. The molecule has 0 radical (unpaired) electrons. The summed E-state index contributed by atoms with van der Waals surface area (Å²) in [7, 11) is 0. The summed E-state index contributed by atoms with van der Waals surface area (Å²) in [5.41, 5.74) is 6.75. The van der Waals surface area contributed by atoms with E-state index < -0.39 is 0 Å². The molecule has 1 aliphatic rings. The van der Waals surface area contributed by atoms with Gasteiger partial charge < -0.3 is 11.1 Å². The zero-order valence-electron chi connectivity index (χ0n) is 12.1. The van der Waals surface area contributed by atoms with E-state index >= 15 is 0 Å². The summed E-state index contributed by atoms with van der Waals surface area (Å²) in [4.78, 5) is 13.1. The standard InChI is InChI=1S/C16H20N2OS2/c1-20-11-8-6-10(7-9-11)18-16(19)15-14(17)12-4-2-3-5-13(12)21-15/h2-5,10-11H,6-9,17H2,1H3,(H,18,19). The van der Waals surface area contributed by atoms with E-state index in [4.69, 9.17) is 5.73 Å². The van der Waals surface area contributed by atoms with Crippen molar-refractivity contribution in [3.05, 3.63) is 29.1 Å². The van der Waals surface area contributed by atoms with Gasteiger partial charge in [-0.2, -0.15) is 11.8 Å². The van der Waals surface area contributed by atoms with Crippen LogP contribution in [0.4, 0.5) is 5.69 Å². The zero-order chi connectivity index (χ0) is 14.8. The van der Waals surface area contributed by atoms with E-state index in [-0.39, 0.29) is 5.91 Å². The maximum absolute atomic E-state index is 12.5. The number of nitrogens with one attached hydrogen (secondary N) is 1. The van der Waals surface area contributed by atoms with Crippen molar-refractivity contribution in [1.82, 2.24) is 5.32 Å². The predicted molar refractivity (Wildman–Crippen MR) is 93.3 cm³/mol. The van der Waals surface area contributed by atoms with Gasteiger partial charge in [-0.05, 0) is 38.0 Å². The van der Waals surface area contributed by atoms with Gasteiger partial charge in [-0.25, -0.2) is 0 Å². The van der Waals surface area contributed by atoms with Crippen LogP contribution in [0.2, 0.25) is 0 Å². The van der Waals surface area contributed by atoms with E-state index in [1.54, 1.807) is 0 Å². The topological polar surface area (TPSA) is 55.1 Å². The Labute approximate surface area is 133 Å². The molecular formula is C16H20N2OS2. The second-order valence-electron chi connectivity index (χ2n) is 5.52. The number of hydrogen-bond acceptors (Lipinski definition) is 4. The molecule has 0 spiro atoms. The molecule has 3 N–H and O–H groups in total. The third kappa shape index (κ3) is 3.04. The second-order valence-corrected chi connectivity index (χ2v) is 7.71. The molecule has 1 amide bonds. The molecule has 5 heteroatoms. The van der Waals surface area contributed by atoms with Crippen LogP contribution in [-0.4, -0.2) is 23.5 Å². The van der Waals surface area contributed by atoms with Crippen LogP contribution in [0, 0.1) is 0 Å². The van der Waals surface area contributed by atoms with Crippen LogP contribution in [0.3, 0.4) is 0 Å². The molecule has 0 aliphatic heterocycles. The summed E-state index contributed by atoms with van der Waals surface area (Å²) in [6, 6.07) is 8.21.